The number of hydrogen-bond acceptors (Lipinski definition) is 20. The Morgan fingerprint density at radius 1 is 0.551 bits per heavy atom. The van der Waals surface area contributed by atoms with Crippen LogP contribution in [0.2, 0.25) is 0 Å². The molecule has 6 heterocycles. The van der Waals surface area contributed by atoms with Gasteiger partial charge in [-0.05, 0) is 190 Å². The molecule has 0 bridgehead atoms. The Kier molecular flexibility index (Phi) is 26.2. The Hall–Kier alpha value is -8.42. The number of carbonyl (C=O) groups is 8. The van der Waals surface area contributed by atoms with E-state index >= 15 is 9.59 Å². The Labute approximate surface area is 686 Å². The van der Waals surface area contributed by atoms with Gasteiger partial charge in [0.25, 0.3) is 11.8 Å². The minimum atomic E-state index is -4.04. The fourth-order valence-corrected chi connectivity index (χ4v) is 19.7. The SMILES string of the molecule is CC[C@@H]1C[C@@H](C)CC/C=C\[C@@H]2C[C@@]2(C(=O)NS(=O)(=O)C2(C)CC2)CC(=O)[C@@H]2C[C@@H](Oc3ncc(OC)c4ccc(F)cc34)CN2C(=O)[C@H]1CC(=O)OC(C)(C)C(C)(F)F.CC[C@@H]1C[C@H](C)CC/C=C\[C@@H]2C[C@@]2(C(=O)NS(=O)(=O)C2(C)CC2)CC(=O)[C@@H]2C[C@@H](Oc3ncc(OC)c4ccc(F)cc34)CN2C(=O)[C@H]1CC(=O)OC(C)(C)C(C)(F)F. The van der Waals surface area contributed by atoms with E-state index in [1.54, 1.807) is 13.8 Å². The van der Waals surface area contributed by atoms with Crippen molar-refractivity contribution in [1.29, 1.82) is 0 Å². The molecule has 2 aromatic heterocycles. The Morgan fingerprint density at radius 2 is 0.907 bits per heavy atom. The van der Waals surface area contributed by atoms with E-state index in [2.05, 4.69) is 19.4 Å². The number of halogens is 6. The Morgan fingerprint density at radius 3 is 1.23 bits per heavy atom. The van der Waals surface area contributed by atoms with Crippen molar-refractivity contribution >= 4 is 88.7 Å². The number of Topliss-reactive ketones (excluding diaryl/α,β-unsaturated/α-hetero) is 2. The first-order valence-electron chi connectivity index (χ1n) is 41.0. The number of amides is 4. The summed E-state index contributed by atoms with van der Waals surface area (Å²) in [6, 6.07) is 5.67. The lowest BCUT2D eigenvalue weighted by atomic mass is 9.79. The molecular formula is C86H112F6N6O18S2. The number of pyridine rings is 2. The van der Waals surface area contributed by atoms with Crippen molar-refractivity contribution in [2.75, 3.05) is 27.3 Å². The third-order valence-corrected chi connectivity index (χ3v) is 30.8. The molecule has 32 heteroatoms. The predicted molar refractivity (Wildman–Crippen MR) is 425 cm³/mol. The minimum Gasteiger partial charge on any atom is -0.494 e. The Bertz CT molecular complexity index is 4530. The van der Waals surface area contributed by atoms with Crippen LogP contribution in [0.15, 0.2) is 73.1 Å². The molecule has 6 fully saturated rings. The van der Waals surface area contributed by atoms with Crippen LogP contribution in [0, 0.1) is 69.8 Å². The monoisotopic (exact) mass is 1690 g/mol. The van der Waals surface area contributed by atoms with Crippen LogP contribution < -0.4 is 28.4 Å². The number of allylic oxidation sites excluding steroid dienone is 4. The second-order valence-electron chi connectivity index (χ2n) is 36.0. The maximum absolute atomic E-state index is 15.0. The number of rotatable bonds is 22. The fourth-order valence-electron chi connectivity index (χ4n) is 17.0. The van der Waals surface area contributed by atoms with Gasteiger partial charge in [-0.2, -0.15) is 0 Å². The molecule has 4 aliphatic carbocycles. The zero-order chi connectivity index (χ0) is 86.6. The van der Waals surface area contributed by atoms with Gasteiger partial charge in [0.1, 0.15) is 35.3 Å². The van der Waals surface area contributed by atoms with Crippen LogP contribution >= 0.6 is 0 Å². The maximum Gasteiger partial charge on any atom is 0.307 e. The average Bonchev–Trinajstić information content (AvgIpc) is 1.57. The van der Waals surface area contributed by atoms with Crippen LogP contribution in [0.25, 0.3) is 21.5 Å². The third-order valence-electron chi connectivity index (χ3n) is 26.4. The number of esters is 2. The average molecular weight is 1700 g/mol. The summed E-state index contributed by atoms with van der Waals surface area (Å²) in [5.74, 6) is -16.5. The van der Waals surface area contributed by atoms with E-state index in [0.717, 1.165) is 27.7 Å². The topological polar surface area (TPSA) is 317 Å². The van der Waals surface area contributed by atoms with Gasteiger partial charge in [0, 0.05) is 50.3 Å². The summed E-state index contributed by atoms with van der Waals surface area (Å²) in [7, 11) is -5.18. The second kappa shape index (κ2) is 34.2. The highest BCUT2D eigenvalue weighted by Crippen LogP contribution is 2.60. The molecule has 0 radical (unpaired) electrons. The predicted octanol–water partition coefficient (Wildman–Crippen LogP) is 14.2. The molecular weight excluding hydrogens is 1580 g/mol. The van der Waals surface area contributed by atoms with Gasteiger partial charge in [-0.3, -0.25) is 47.8 Å². The van der Waals surface area contributed by atoms with E-state index in [1.165, 1.54) is 72.8 Å². The van der Waals surface area contributed by atoms with Crippen molar-refractivity contribution in [3.8, 4) is 23.3 Å². The van der Waals surface area contributed by atoms with Crippen molar-refractivity contribution in [3.05, 3.63) is 84.7 Å². The molecule has 0 unspecified atom stereocenters. The van der Waals surface area contributed by atoms with Crippen LogP contribution in [-0.2, 0) is 67.9 Å². The van der Waals surface area contributed by atoms with Crippen molar-refractivity contribution in [2.24, 2.45) is 58.2 Å². The van der Waals surface area contributed by atoms with Crippen molar-refractivity contribution in [3.63, 3.8) is 0 Å². The smallest absolute Gasteiger partial charge is 0.307 e. The number of nitrogens with one attached hydrogen (secondary N) is 2. The van der Waals surface area contributed by atoms with E-state index in [0.29, 0.717) is 113 Å². The molecule has 4 aromatic rings. The maximum atomic E-state index is 15.0. The molecule has 0 spiro atoms. The van der Waals surface area contributed by atoms with E-state index < -0.39 is 195 Å². The number of ether oxygens (including phenoxy) is 6. The number of fused-ring (bicyclic) bond motifs is 6. The molecule has 4 saturated carbocycles. The van der Waals surface area contributed by atoms with Gasteiger partial charge >= 0.3 is 11.9 Å². The lowest BCUT2D eigenvalue weighted by molar-refractivity contribution is -0.197. The molecule has 648 valence electrons. The zero-order valence-electron chi connectivity index (χ0n) is 69.6. The normalized spacial score (nSPS) is 29.4. The summed E-state index contributed by atoms with van der Waals surface area (Å²) in [4.78, 5) is 126. The molecule has 2 aromatic carbocycles. The highest BCUT2D eigenvalue weighted by Gasteiger charge is 2.65. The number of methoxy groups -OCH3 is 2. The number of benzene rings is 2. The minimum absolute atomic E-state index is 0.0260. The van der Waals surface area contributed by atoms with Crippen LogP contribution in [-0.4, -0.2) is 168 Å². The third kappa shape index (κ3) is 19.3. The van der Waals surface area contributed by atoms with Crippen molar-refractivity contribution in [1.82, 2.24) is 29.2 Å². The molecule has 4 aliphatic heterocycles. The summed E-state index contributed by atoms with van der Waals surface area (Å²) in [6.45, 7) is 16.3. The van der Waals surface area contributed by atoms with Gasteiger partial charge < -0.3 is 38.2 Å². The van der Waals surface area contributed by atoms with Crippen LogP contribution in [0.4, 0.5) is 26.3 Å². The summed E-state index contributed by atoms with van der Waals surface area (Å²) < 4.78 is 177. The van der Waals surface area contributed by atoms with Gasteiger partial charge in [0.2, 0.25) is 55.4 Å². The zero-order valence-corrected chi connectivity index (χ0v) is 71.3. The molecule has 24 nitrogen and oxygen atoms in total. The van der Waals surface area contributed by atoms with Crippen LogP contribution in [0.1, 0.15) is 212 Å². The Balaban J connectivity index is 0.000000231. The van der Waals surface area contributed by atoms with Gasteiger partial charge in [0.05, 0.1) is 108 Å². The fraction of sp³-hybridized carbons (Fsp3) is 0.651. The lowest BCUT2D eigenvalue weighted by Gasteiger charge is -2.35. The first-order valence-corrected chi connectivity index (χ1v) is 44.0. The number of aromatic nitrogens is 2. The quantitative estimate of drug-likeness (QED) is 0.0419. The van der Waals surface area contributed by atoms with E-state index in [9.17, 15) is 71.9 Å². The number of carbonyl (C=O) groups excluding carboxylic acids is 8. The van der Waals surface area contributed by atoms with E-state index in [-0.39, 0.29) is 86.0 Å². The summed E-state index contributed by atoms with van der Waals surface area (Å²) in [6.07, 6.45) is 13.3. The summed E-state index contributed by atoms with van der Waals surface area (Å²) >= 11 is 0. The number of nitrogens with zero attached hydrogens (tertiary/aromatic N) is 4. The largest absolute Gasteiger partial charge is 0.494 e. The molecule has 4 amide bonds. The number of hydrogen-bond donors (Lipinski definition) is 2. The van der Waals surface area contributed by atoms with E-state index in [1.807, 2.05) is 52.0 Å². The molecule has 118 heavy (non-hydrogen) atoms. The van der Waals surface area contributed by atoms with Crippen LogP contribution in [0.3, 0.4) is 0 Å². The molecule has 12 rings (SSSR count). The molecule has 2 N–H and O–H groups in total. The summed E-state index contributed by atoms with van der Waals surface area (Å²) in [5.41, 5.74) is -7.12. The first kappa shape index (κ1) is 90.3. The lowest BCUT2D eigenvalue weighted by Crippen LogP contribution is -2.49. The van der Waals surface area contributed by atoms with Gasteiger partial charge in [-0.1, -0.05) is 64.8 Å². The summed E-state index contributed by atoms with van der Waals surface area (Å²) in [5, 5.41) is 1.59. The molecule has 2 saturated heterocycles. The van der Waals surface area contributed by atoms with E-state index in [4.69, 9.17) is 28.4 Å². The number of alkyl halides is 4. The standard InChI is InChI=1S/2C43H56F3N3O9S/c2*1-8-26-17-25(2)11-9-10-12-27-21-43(27,39(53)48-59(54,55)41(5)15-16-41)22-34(50)33-19-29(57-37-32-18-28(44)13-14-30(32)35(56-7)23-47-37)24-49(33)38(52)31(26)20-36(51)58-40(3,4)42(6,45)46/h2*10,12-14,18,23,25-27,29,31,33H,8-9,11,15-17,19-22,24H2,1-7H3,(H,48,53)/b2*12-10-/t25-,26+,27+,29+,31-,33-,43+;25-,26-,27-,29-,31+,33+,43-/m01/s1. The van der Waals surface area contributed by atoms with Crippen molar-refractivity contribution in [2.45, 2.75) is 268 Å². The first-order chi connectivity index (χ1) is 55.1. The van der Waals surface area contributed by atoms with Gasteiger partial charge in [-0.15, -0.1) is 0 Å². The van der Waals surface area contributed by atoms with Gasteiger partial charge in [0.15, 0.2) is 22.8 Å². The number of sulfonamides is 2. The number of ketones is 2. The highest BCUT2D eigenvalue weighted by molar-refractivity contribution is 7.92. The molecule has 14 atom stereocenters. The van der Waals surface area contributed by atoms with Crippen molar-refractivity contribution < 1.29 is 110 Å². The molecule has 8 aliphatic rings. The second-order valence-corrected chi connectivity index (χ2v) is 40.4. The van der Waals surface area contributed by atoms with Gasteiger partial charge in [-0.25, -0.2) is 53.1 Å². The van der Waals surface area contributed by atoms with Crippen LogP contribution in [0.5, 0.6) is 23.3 Å². The highest BCUT2D eigenvalue weighted by atomic mass is 32.2.